The van der Waals surface area contributed by atoms with Gasteiger partial charge in [-0.15, -0.1) is 0 Å². The Bertz CT molecular complexity index is 1080. The molecule has 0 saturated carbocycles. The van der Waals surface area contributed by atoms with Crippen LogP contribution in [0.4, 0.5) is 13.2 Å². The Hall–Kier alpha value is -2.82. The number of ether oxygens (including phenoxy) is 1. The number of hydrogen-bond acceptors (Lipinski definition) is 1. The molecular weight excluding hydrogens is 399 g/mol. The zero-order chi connectivity index (χ0) is 22.4. The molecule has 2 heterocycles. The predicted molar refractivity (Wildman–Crippen MR) is 115 cm³/mol. The minimum absolute atomic E-state index is 0.0962. The van der Waals surface area contributed by atoms with Crippen LogP contribution in [0.5, 0.6) is 5.75 Å². The van der Waals surface area contributed by atoms with Gasteiger partial charge in [-0.05, 0) is 38.5 Å². The molecule has 5 heteroatoms. The van der Waals surface area contributed by atoms with Gasteiger partial charge < -0.3 is 4.74 Å². The highest BCUT2D eigenvalue weighted by molar-refractivity contribution is 5.74. The Kier molecular flexibility index (Phi) is 5.11. The molecule has 0 radical (unpaired) electrons. The molecule has 1 aliphatic carbocycles. The van der Waals surface area contributed by atoms with Gasteiger partial charge in [0.05, 0.1) is 16.6 Å². The minimum atomic E-state index is -4.51. The number of rotatable bonds is 3. The fraction of sp³-hybridized carbons (Fsp3) is 0.346. The van der Waals surface area contributed by atoms with Crippen molar-refractivity contribution in [3.05, 3.63) is 90.0 Å². The number of alkyl halides is 3. The van der Waals surface area contributed by atoms with E-state index in [0.717, 1.165) is 5.69 Å². The molecule has 2 nitrogen and oxygen atoms in total. The van der Waals surface area contributed by atoms with Gasteiger partial charge in [0.25, 0.3) is 0 Å². The monoisotopic (exact) mass is 426 g/mol. The lowest BCUT2D eigenvalue weighted by Crippen LogP contribution is -2.68. The van der Waals surface area contributed by atoms with Gasteiger partial charge in [0.2, 0.25) is 5.69 Å². The molecule has 31 heavy (non-hydrogen) atoms. The van der Waals surface area contributed by atoms with Crippen molar-refractivity contribution in [3.63, 3.8) is 0 Å². The highest BCUT2D eigenvalue weighted by Crippen LogP contribution is 2.56. The standard InChI is InChI=1S/C26H27F3NO/c1-5-16-25(4)19-14-15-20(26(27,28)29)23(31-18-11-7-6-8-12-18)22(19)21-13-9-10-17-30(21)24(25,2)3/h5-13,15-17,19H,14H2,1-4H3/q+1. The third-order valence-electron chi connectivity index (χ3n) is 6.96. The van der Waals surface area contributed by atoms with Crippen molar-refractivity contribution in [2.24, 2.45) is 11.3 Å². The number of allylic oxidation sites excluding steroid dienone is 5. The molecule has 2 aromatic rings. The Morgan fingerprint density at radius 1 is 1.03 bits per heavy atom. The number of nitrogens with zero attached hydrogens (tertiary/aromatic N) is 1. The number of para-hydroxylation sites is 1. The lowest BCUT2D eigenvalue weighted by Gasteiger charge is -2.49. The molecule has 0 saturated heterocycles. The first-order valence-electron chi connectivity index (χ1n) is 10.5. The number of halogens is 3. The summed E-state index contributed by atoms with van der Waals surface area (Å²) in [6, 6.07) is 14.4. The fourth-order valence-corrected chi connectivity index (χ4v) is 5.05. The number of fused-ring (bicyclic) bond motifs is 3. The van der Waals surface area contributed by atoms with E-state index in [1.54, 1.807) is 24.3 Å². The molecule has 0 bridgehead atoms. The average molecular weight is 427 g/mol. The van der Waals surface area contributed by atoms with Gasteiger partial charge in [-0.2, -0.15) is 17.7 Å². The van der Waals surface area contributed by atoms with Crippen LogP contribution in [0.15, 0.2) is 84.3 Å². The quantitative estimate of drug-likeness (QED) is 0.398. The second-order valence-electron chi connectivity index (χ2n) is 8.86. The van der Waals surface area contributed by atoms with Crippen molar-refractivity contribution < 1.29 is 22.5 Å². The van der Waals surface area contributed by atoms with Crippen LogP contribution in [0.25, 0.3) is 5.57 Å². The number of benzene rings is 1. The molecule has 1 aromatic carbocycles. The lowest BCUT2D eigenvalue weighted by molar-refractivity contribution is -0.778. The maximum Gasteiger partial charge on any atom is 0.419 e. The van der Waals surface area contributed by atoms with E-state index in [1.165, 1.54) is 6.08 Å². The van der Waals surface area contributed by atoms with E-state index in [1.807, 2.05) is 43.5 Å². The van der Waals surface area contributed by atoms with Crippen LogP contribution in [0.3, 0.4) is 0 Å². The number of hydrogen-bond donors (Lipinski definition) is 0. The highest BCUT2D eigenvalue weighted by atomic mass is 19.4. The van der Waals surface area contributed by atoms with Gasteiger partial charge >= 0.3 is 6.18 Å². The Morgan fingerprint density at radius 3 is 2.35 bits per heavy atom. The van der Waals surface area contributed by atoms with E-state index < -0.39 is 17.2 Å². The van der Waals surface area contributed by atoms with E-state index in [9.17, 15) is 13.2 Å². The first-order chi connectivity index (χ1) is 14.6. The average Bonchev–Trinajstić information content (AvgIpc) is 2.72. The van der Waals surface area contributed by atoms with Crippen molar-refractivity contribution in [1.82, 2.24) is 0 Å². The van der Waals surface area contributed by atoms with Crippen molar-refractivity contribution >= 4 is 5.57 Å². The molecule has 2 atom stereocenters. The van der Waals surface area contributed by atoms with Crippen molar-refractivity contribution in [2.45, 2.75) is 45.8 Å². The number of pyridine rings is 1. The van der Waals surface area contributed by atoms with Gasteiger partial charge in [-0.25, -0.2) is 0 Å². The molecule has 1 aliphatic heterocycles. The zero-order valence-corrected chi connectivity index (χ0v) is 18.2. The predicted octanol–water partition coefficient (Wildman–Crippen LogP) is 6.60. The molecule has 0 N–H and O–H groups in total. The Labute approximate surface area is 181 Å². The maximum absolute atomic E-state index is 14.1. The molecule has 1 aromatic heterocycles. The normalized spacial score (nSPS) is 25.1. The first-order valence-corrected chi connectivity index (χ1v) is 10.5. The lowest BCUT2D eigenvalue weighted by atomic mass is 9.56. The first kappa shape index (κ1) is 21.4. The van der Waals surface area contributed by atoms with Gasteiger partial charge in [0, 0.05) is 31.9 Å². The van der Waals surface area contributed by atoms with Gasteiger partial charge in [-0.1, -0.05) is 36.4 Å². The zero-order valence-electron chi connectivity index (χ0n) is 18.2. The van der Waals surface area contributed by atoms with Crippen LogP contribution >= 0.6 is 0 Å². The molecule has 0 amide bonds. The molecule has 2 unspecified atom stereocenters. The highest BCUT2D eigenvalue weighted by Gasteiger charge is 2.60. The third-order valence-corrected chi connectivity index (χ3v) is 6.96. The van der Waals surface area contributed by atoms with Crippen molar-refractivity contribution in [2.75, 3.05) is 0 Å². The minimum Gasteiger partial charge on any atom is -0.456 e. The molecule has 0 spiro atoms. The largest absolute Gasteiger partial charge is 0.456 e. The van der Waals surface area contributed by atoms with E-state index >= 15 is 0 Å². The van der Waals surface area contributed by atoms with E-state index in [0.29, 0.717) is 17.7 Å². The Balaban J connectivity index is 2.06. The summed E-state index contributed by atoms with van der Waals surface area (Å²) in [5, 5.41) is 0. The van der Waals surface area contributed by atoms with Crippen LogP contribution in [-0.2, 0) is 5.54 Å². The summed E-state index contributed by atoms with van der Waals surface area (Å²) in [6.07, 6.45) is 3.17. The van der Waals surface area contributed by atoms with Gasteiger partial charge in [0.1, 0.15) is 11.5 Å². The van der Waals surface area contributed by atoms with Crippen LogP contribution in [0.2, 0.25) is 0 Å². The van der Waals surface area contributed by atoms with Crippen LogP contribution in [-0.4, -0.2) is 6.18 Å². The van der Waals surface area contributed by atoms with Crippen LogP contribution in [0.1, 0.15) is 39.8 Å². The third kappa shape index (κ3) is 3.31. The van der Waals surface area contributed by atoms with Gasteiger partial charge in [-0.3, -0.25) is 0 Å². The smallest absolute Gasteiger partial charge is 0.419 e. The van der Waals surface area contributed by atoms with E-state index in [-0.39, 0.29) is 17.2 Å². The topological polar surface area (TPSA) is 13.1 Å². The van der Waals surface area contributed by atoms with E-state index in [4.69, 9.17) is 4.74 Å². The van der Waals surface area contributed by atoms with E-state index in [2.05, 4.69) is 31.4 Å². The maximum atomic E-state index is 14.1. The fourth-order valence-electron chi connectivity index (χ4n) is 5.05. The summed E-state index contributed by atoms with van der Waals surface area (Å²) >= 11 is 0. The molecule has 162 valence electrons. The van der Waals surface area contributed by atoms with Gasteiger partial charge in [0.15, 0.2) is 11.7 Å². The van der Waals surface area contributed by atoms with Crippen molar-refractivity contribution in [1.29, 1.82) is 0 Å². The summed E-state index contributed by atoms with van der Waals surface area (Å²) in [5.41, 5.74) is -0.110. The summed E-state index contributed by atoms with van der Waals surface area (Å²) in [6.45, 7) is 8.38. The summed E-state index contributed by atoms with van der Waals surface area (Å²) in [7, 11) is 0. The summed E-state index contributed by atoms with van der Waals surface area (Å²) in [5.74, 6) is 0.132. The number of aromatic nitrogens is 1. The van der Waals surface area contributed by atoms with Crippen molar-refractivity contribution in [3.8, 4) is 5.75 Å². The molecule has 0 fully saturated rings. The Morgan fingerprint density at radius 2 is 1.71 bits per heavy atom. The van der Waals surface area contributed by atoms with Crippen LogP contribution < -0.4 is 9.30 Å². The second kappa shape index (κ2) is 7.40. The SMILES string of the molecule is CC=CC1(C)C2CC=C(C(F)(F)F)C(Oc3ccccc3)=C2c2cccc[n+]2C1(C)C. The molecule has 4 rings (SSSR count). The summed E-state index contributed by atoms with van der Waals surface area (Å²) < 4.78 is 50.5. The summed E-state index contributed by atoms with van der Waals surface area (Å²) in [4.78, 5) is 0. The molecule has 2 aliphatic rings. The van der Waals surface area contributed by atoms with Crippen LogP contribution in [0, 0.1) is 11.3 Å². The second-order valence-corrected chi connectivity index (χ2v) is 8.86. The molecular formula is C26H27F3NO+.